The molecule has 3 nitrogen and oxygen atoms in total. The third-order valence-electron chi connectivity index (χ3n) is 5.24. The summed E-state index contributed by atoms with van der Waals surface area (Å²) in [6, 6.07) is 0. The molecule has 1 aliphatic carbocycles. The summed E-state index contributed by atoms with van der Waals surface area (Å²) in [6.45, 7) is 4.25. The number of alkyl halides is 1. The van der Waals surface area contributed by atoms with Crippen LogP contribution >= 0.6 is 15.9 Å². The molecule has 1 saturated heterocycles. The summed E-state index contributed by atoms with van der Waals surface area (Å²) in [5.74, 6) is 0. The minimum Gasteiger partial charge on any atom is -0.381 e. The Bertz CT molecular complexity index is 286. The van der Waals surface area contributed by atoms with E-state index in [2.05, 4.69) is 46.9 Å². The van der Waals surface area contributed by atoms with Gasteiger partial charge in [-0.1, -0.05) is 15.9 Å². The van der Waals surface area contributed by atoms with Crippen LogP contribution in [0.4, 0.5) is 0 Å². The van der Waals surface area contributed by atoms with E-state index in [1.165, 1.54) is 45.2 Å². The lowest BCUT2D eigenvalue weighted by molar-refractivity contribution is -0.0128. The molecule has 0 atom stereocenters. The van der Waals surface area contributed by atoms with Gasteiger partial charge < -0.3 is 14.5 Å². The Hall–Kier alpha value is 0.360. The van der Waals surface area contributed by atoms with Gasteiger partial charge in [0.15, 0.2) is 0 Å². The highest BCUT2D eigenvalue weighted by molar-refractivity contribution is 9.09. The molecule has 0 amide bonds. The third-order valence-corrected chi connectivity index (χ3v) is 6.43. The highest BCUT2D eigenvalue weighted by atomic mass is 79.9. The van der Waals surface area contributed by atoms with Crippen LogP contribution in [0, 0.1) is 5.41 Å². The average Bonchev–Trinajstić information content (AvgIpc) is 2.34. The number of ether oxygens (including phenoxy) is 1. The molecule has 0 spiro atoms. The smallest absolute Gasteiger partial charge is 0.0472 e. The predicted molar refractivity (Wildman–Crippen MR) is 84.0 cm³/mol. The molecule has 1 aliphatic heterocycles. The first-order chi connectivity index (χ1) is 9.02. The lowest BCUT2D eigenvalue weighted by atomic mass is 9.74. The molecule has 4 heteroatoms. The molecule has 0 unspecified atom stereocenters. The number of likely N-dealkylation sites (N-methyl/N-ethyl adjacent to an activating group) is 2. The Labute approximate surface area is 126 Å². The van der Waals surface area contributed by atoms with Gasteiger partial charge in [0.25, 0.3) is 0 Å². The first kappa shape index (κ1) is 15.7. The van der Waals surface area contributed by atoms with E-state index >= 15 is 0 Å². The van der Waals surface area contributed by atoms with E-state index in [0.717, 1.165) is 18.5 Å². The zero-order valence-corrected chi connectivity index (χ0v) is 14.3. The molecule has 2 rings (SSSR count). The van der Waals surface area contributed by atoms with Gasteiger partial charge in [0.2, 0.25) is 0 Å². The molecular formula is C15H29BrN2O. The number of hydrogen-bond donors (Lipinski definition) is 0. The van der Waals surface area contributed by atoms with Gasteiger partial charge in [0.1, 0.15) is 0 Å². The molecule has 0 aromatic rings. The minimum atomic E-state index is 0.421. The van der Waals surface area contributed by atoms with Gasteiger partial charge >= 0.3 is 0 Å². The lowest BCUT2D eigenvalue weighted by Crippen LogP contribution is -2.58. The van der Waals surface area contributed by atoms with Gasteiger partial charge in [-0.15, -0.1) is 0 Å². The van der Waals surface area contributed by atoms with Crippen LogP contribution in [-0.4, -0.2) is 68.1 Å². The molecule has 2 fully saturated rings. The fourth-order valence-electron chi connectivity index (χ4n) is 3.60. The van der Waals surface area contributed by atoms with Crippen LogP contribution in [0.15, 0.2) is 0 Å². The maximum absolute atomic E-state index is 5.53. The van der Waals surface area contributed by atoms with Crippen molar-refractivity contribution in [2.45, 2.75) is 37.6 Å². The Morgan fingerprint density at radius 2 is 1.63 bits per heavy atom. The summed E-state index contributed by atoms with van der Waals surface area (Å²) in [6.07, 6.45) is 6.49. The van der Waals surface area contributed by atoms with Gasteiger partial charge in [-0.05, 0) is 58.7 Å². The van der Waals surface area contributed by atoms with Crippen molar-refractivity contribution in [1.82, 2.24) is 9.80 Å². The molecule has 0 bridgehead atoms. The zero-order chi connectivity index (χ0) is 13.9. The molecule has 0 aromatic heterocycles. The van der Waals surface area contributed by atoms with Gasteiger partial charge in [-0.2, -0.15) is 0 Å². The molecule has 19 heavy (non-hydrogen) atoms. The zero-order valence-electron chi connectivity index (χ0n) is 12.8. The second-order valence-electron chi connectivity index (χ2n) is 6.89. The monoisotopic (exact) mass is 332 g/mol. The van der Waals surface area contributed by atoms with E-state index in [9.17, 15) is 0 Å². The Kier molecular flexibility index (Phi) is 5.32. The quantitative estimate of drug-likeness (QED) is 0.695. The summed E-state index contributed by atoms with van der Waals surface area (Å²) in [4.78, 5) is 5.00. The summed E-state index contributed by atoms with van der Waals surface area (Å²) >= 11 is 3.74. The van der Waals surface area contributed by atoms with Crippen molar-refractivity contribution in [1.29, 1.82) is 0 Å². The highest BCUT2D eigenvalue weighted by Gasteiger charge is 2.41. The van der Waals surface area contributed by atoms with Crippen molar-refractivity contribution in [2.24, 2.45) is 5.41 Å². The summed E-state index contributed by atoms with van der Waals surface area (Å²) in [5.41, 5.74) is 0.859. The number of hydrogen-bond acceptors (Lipinski definition) is 3. The second-order valence-corrected chi connectivity index (χ2v) is 7.45. The average molecular weight is 333 g/mol. The number of halogens is 1. The molecule has 0 radical (unpaired) electrons. The number of rotatable bonds is 6. The van der Waals surface area contributed by atoms with Crippen molar-refractivity contribution < 1.29 is 4.74 Å². The van der Waals surface area contributed by atoms with Crippen LogP contribution < -0.4 is 0 Å². The normalized spacial score (nSPS) is 25.6. The van der Waals surface area contributed by atoms with Crippen LogP contribution in [0.25, 0.3) is 0 Å². The maximum atomic E-state index is 5.53. The third kappa shape index (κ3) is 3.52. The molecule has 0 N–H and O–H groups in total. The molecule has 1 heterocycles. The highest BCUT2D eigenvalue weighted by Crippen LogP contribution is 2.38. The molecular weight excluding hydrogens is 304 g/mol. The minimum absolute atomic E-state index is 0.421. The van der Waals surface area contributed by atoms with E-state index in [0.29, 0.717) is 11.0 Å². The fraction of sp³-hybridized carbons (Fsp3) is 1.00. The van der Waals surface area contributed by atoms with E-state index in [1.54, 1.807) is 0 Å². The van der Waals surface area contributed by atoms with Gasteiger partial charge in [0, 0.05) is 37.2 Å². The van der Waals surface area contributed by atoms with Crippen LogP contribution in [0.3, 0.4) is 0 Å². The summed E-state index contributed by atoms with van der Waals surface area (Å²) < 4.78 is 5.53. The van der Waals surface area contributed by atoms with Gasteiger partial charge in [-0.3, -0.25) is 0 Å². The van der Waals surface area contributed by atoms with Crippen LogP contribution in [0.5, 0.6) is 0 Å². The molecule has 2 aliphatic rings. The predicted octanol–water partition coefficient (Wildman–Crippen LogP) is 2.59. The standard InChI is InChI=1S/C15H29BrN2O/c1-17(2)15(5-4-6-15)13-18(3)12-14(11-16)7-9-19-10-8-14/h4-13H2,1-3H3. The van der Waals surface area contributed by atoms with Gasteiger partial charge in [0.05, 0.1) is 0 Å². The van der Waals surface area contributed by atoms with Crippen molar-refractivity contribution >= 4 is 15.9 Å². The summed E-state index contributed by atoms with van der Waals surface area (Å²) in [7, 11) is 6.77. The Balaban J connectivity index is 1.90. The topological polar surface area (TPSA) is 15.7 Å². The second kappa shape index (κ2) is 6.42. The van der Waals surface area contributed by atoms with Gasteiger partial charge in [-0.25, -0.2) is 0 Å². The van der Waals surface area contributed by atoms with E-state index < -0.39 is 0 Å². The van der Waals surface area contributed by atoms with Crippen molar-refractivity contribution in [3.63, 3.8) is 0 Å². The van der Waals surface area contributed by atoms with Crippen LogP contribution in [0.2, 0.25) is 0 Å². The van der Waals surface area contributed by atoms with E-state index in [1.807, 2.05) is 0 Å². The maximum Gasteiger partial charge on any atom is 0.0472 e. The van der Waals surface area contributed by atoms with Crippen molar-refractivity contribution in [3.05, 3.63) is 0 Å². The van der Waals surface area contributed by atoms with E-state index in [-0.39, 0.29) is 0 Å². The molecule has 0 aromatic carbocycles. The van der Waals surface area contributed by atoms with E-state index in [4.69, 9.17) is 4.74 Å². The summed E-state index contributed by atoms with van der Waals surface area (Å²) in [5, 5.41) is 1.10. The largest absolute Gasteiger partial charge is 0.381 e. The van der Waals surface area contributed by atoms with Crippen molar-refractivity contribution in [3.8, 4) is 0 Å². The van der Waals surface area contributed by atoms with Crippen LogP contribution in [0.1, 0.15) is 32.1 Å². The lowest BCUT2D eigenvalue weighted by Gasteiger charge is -2.50. The first-order valence-electron chi connectivity index (χ1n) is 7.52. The Morgan fingerprint density at radius 3 is 2.05 bits per heavy atom. The van der Waals surface area contributed by atoms with Crippen LogP contribution in [-0.2, 0) is 4.74 Å². The molecule has 1 saturated carbocycles. The SMILES string of the molecule is CN(CC1(CBr)CCOCC1)CC1(N(C)C)CCC1. The Morgan fingerprint density at radius 1 is 1.00 bits per heavy atom. The first-order valence-corrected chi connectivity index (χ1v) is 8.64. The number of nitrogens with zero attached hydrogens (tertiary/aromatic N) is 2. The fourth-order valence-corrected chi connectivity index (χ4v) is 4.34. The van der Waals surface area contributed by atoms with Crippen molar-refractivity contribution in [2.75, 3.05) is 52.8 Å². The molecule has 112 valence electrons.